The van der Waals surface area contributed by atoms with E-state index in [1.165, 1.54) is 6.07 Å². The van der Waals surface area contributed by atoms with Gasteiger partial charge in [-0.15, -0.1) is 0 Å². The normalized spacial score (nSPS) is 10.0. The van der Waals surface area contributed by atoms with E-state index in [-0.39, 0.29) is 5.56 Å². The molecule has 0 atom stereocenters. The Balaban J connectivity index is 2.07. The summed E-state index contributed by atoms with van der Waals surface area (Å²) >= 11 is 2.18. The van der Waals surface area contributed by atoms with Gasteiger partial charge in [0.2, 0.25) is 0 Å². The van der Waals surface area contributed by atoms with Crippen molar-refractivity contribution in [3.8, 4) is 0 Å². The number of rotatable bonds is 3. The Bertz CT molecular complexity index is 684. The number of aryl methyl sites for hydroxylation is 1. The third-order valence-electron chi connectivity index (χ3n) is 2.83. The molecule has 2 aromatic carbocycles. The summed E-state index contributed by atoms with van der Waals surface area (Å²) in [4.78, 5) is 22.9. The molecule has 0 radical (unpaired) electrons. The predicted molar refractivity (Wildman–Crippen MR) is 89.9 cm³/mol. The number of aromatic carboxylic acids is 1. The fourth-order valence-electron chi connectivity index (χ4n) is 1.76. The topological polar surface area (TPSA) is 78.4 Å². The zero-order valence-corrected chi connectivity index (χ0v) is 13.3. The van der Waals surface area contributed by atoms with Gasteiger partial charge in [0.25, 0.3) is 0 Å². The molecule has 0 unspecified atom stereocenters. The van der Waals surface area contributed by atoms with Crippen LogP contribution in [0, 0.1) is 10.5 Å². The molecule has 2 aromatic rings. The van der Waals surface area contributed by atoms with Crippen molar-refractivity contribution in [3.05, 3.63) is 57.2 Å². The van der Waals surface area contributed by atoms with Gasteiger partial charge in [-0.1, -0.05) is 6.07 Å². The summed E-state index contributed by atoms with van der Waals surface area (Å²) in [5.74, 6) is -1.02. The van der Waals surface area contributed by atoms with Gasteiger partial charge in [-0.25, -0.2) is 9.59 Å². The summed E-state index contributed by atoms with van der Waals surface area (Å²) in [6, 6.07) is 11.7. The number of hydrogen-bond donors (Lipinski definition) is 3. The number of carbonyl (C=O) groups excluding carboxylic acids is 1. The SMILES string of the molecule is Cc1ccc(NC(=O)Nc2ccc(I)cc2)cc1C(=O)O. The maximum Gasteiger partial charge on any atom is 0.336 e. The zero-order chi connectivity index (χ0) is 15.4. The third kappa shape index (κ3) is 4.19. The smallest absolute Gasteiger partial charge is 0.336 e. The lowest BCUT2D eigenvalue weighted by Gasteiger charge is -2.09. The predicted octanol–water partition coefficient (Wildman–Crippen LogP) is 3.94. The van der Waals surface area contributed by atoms with Gasteiger partial charge in [0.15, 0.2) is 0 Å². The molecule has 0 aliphatic heterocycles. The third-order valence-corrected chi connectivity index (χ3v) is 3.55. The molecule has 108 valence electrons. The molecular formula is C15H13IN2O3. The average Bonchev–Trinajstić information content (AvgIpc) is 2.43. The van der Waals surface area contributed by atoms with Crippen molar-refractivity contribution >= 4 is 46.0 Å². The zero-order valence-electron chi connectivity index (χ0n) is 11.2. The minimum Gasteiger partial charge on any atom is -0.478 e. The van der Waals surface area contributed by atoms with Crippen LogP contribution in [-0.2, 0) is 0 Å². The van der Waals surface area contributed by atoms with Crippen LogP contribution < -0.4 is 10.6 Å². The molecule has 0 aliphatic rings. The van der Waals surface area contributed by atoms with Crippen LogP contribution in [0.5, 0.6) is 0 Å². The molecule has 5 nitrogen and oxygen atoms in total. The summed E-state index contributed by atoms with van der Waals surface area (Å²) in [5.41, 5.74) is 1.91. The largest absolute Gasteiger partial charge is 0.478 e. The van der Waals surface area contributed by atoms with E-state index in [0.29, 0.717) is 16.9 Å². The van der Waals surface area contributed by atoms with Crippen LogP contribution in [0.4, 0.5) is 16.2 Å². The first-order valence-corrected chi connectivity index (χ1v) is 7.21. The van der Waals surface area contributed by atoms with Crippen molar-refractivity contribution in [1.29, 1.82) is 0 Å². The Kier molecular flexibility index (Phi) is 4.79. The van der Waals surface area contributed by atoms with Crippen LogP contribution in [0.3, 0.4) is 0 Å². The van der Waals surface area contributed by atoms with Crippen molar-refractivity contribution in [2.24, 2.45) is 0 Å². The molecule has 2 amide bonds. The van der Waals surface area contributed by atoms with Crippen molar-refractivity contribution in [3.63, 3.8) is 0 Å². The van der Waals surface area contributed by atoms with Gasteiger partial charge in [-0.05, 0) is 71.5 Å². The van der Waals surface area contributed by atoms with Crippen molar-refractivity contribution < 1.29 is 14.7 Å². The molecule has 0 saturated heterocycles. The summed E-state index contributed by atoms with van der Waals surface area (Å²) in [5, 5.41) is 14.3. The number of urea groups is 1. The molecule has 0 heterocycles. The van der Waals surface area contributed by atoms with Gasteiger partial charge >= 0.3 is 12.0 Å². The summed E-state index contributed by atoms with van der Waals surface area (Å²) in [6.07, 6.45) is 0. The second kappa shape index (κ2) is 6.57. The molecule has 0 fully saturated rings. The van der Waals surface area contributed by atoms with Gasteiger partial charge in [0.1, 0.15) is 0 Å². The fourth-order valence-corrected chi connectivity index (χ4v) is 2.12. The maximum atomic E-state index is 11.9. The van der Waals surface area contributed by atoms with E-state index < -0.39 is 12.0 Å². The van der Waals surface area contributed by atoms with Crippen LogP contribution in [0.1, 0.15) is 15.9 Å². The van der Waals surface area contributed by atoms with E-state index in [1.54, 1.807) is 31.2 Å². The molecule has 6 heteroatoms. The first-order chi connectivity index (χ1) is 9.95. The number of carboxylic acids is 1. The van der Waals surface area contributed by atoms with Crippen LogP contribution >= 0.6 is 22.6 Å². The number of benzene rings is 2. The monoisotopic (exact) mass is 396 g/mol. The minimum atomic E-state index is -1.02. The summed E-state index contributed by atoms with van der Waals surface area (Å²) in [6.45, 7) is 1.71. The number of amides is 2. The Morgan fingerprint density at radius 3 is 2.19 bits per heavy atom. The highest BCUT2D eigenvalue weighted by molar-refractivity contribution is 14.1. The van der Waals surface area contributed by atoms with Crippen molar-refractivity contribution in [1.82, 2.24) is 0 Å². The summed E-state index contributed by atoms with van der Waals surface area (Å²) < 4.78 is 1.07. The number of carboxylic acid groups (broad SMARTS) is 1. The number of anilines is 2. The lowest BCUT2D eigenvalue weighted by Crippen LogP contribution is -2.19. The highest BCUT2D eigenvalue weighted by atomic mass is 127. The van der Waals surface area contributed by atoms with Crippen molar-refractivity contribution in [2.75, 3.05) is 10.6 Å². The Hall–Kier alpha value is -2.09. The fraction of sp³-hybridized carbons (Fsp3) is 0.0667. The van der Waals surface area contributed by atoms with Crippen LogP contribution in [0.25, 0.3) is 0 Å². The van der Waals surface area contributed by atoms with Crippen molar-refractivity contribution in [2.45, 2.75) is 6.92 Å². The second-order valence-electron chi connectivity index (χ2n) is 4.42. The highest BCUT2D eigenvalue weighted by Crippen LogP contribution is 2.16. The quantitative estimate of drug-likeness (QED) is 0.688. The van der Waals surface area contributed by atoms with E-state index >= 15 is 0 Å². The molecule has 0 spiro atoms. The highest BCUT2D eigenvalue weighted by Gasteiger charge is 2.09. The molecule has 21 heavy (non-hydrogen) atoms. The van der Waals surface area contributed by atoms with Gasteiger partial charge in [0.05, 0.1) is 5.56 Å². The molecular weight excluding hydrogens is 383 g/mol. The standard InChI is InChI=1S/C15H13IN2O3/c1-9-2-5-12(8-13(9)14(19)20)18-15(21)17-11-6-3-10(16)4-7-11/h2-8H,1H3,(H,19,20)(H2,17,18,21). The molecule has 2 rings (SSSR count). The molecule has 0 bridgehead atoms. The maximum absolute atomic E-state index is 11.9. The number of hydrogen-bond acceptors (Lipinski definition) is 2. The van der Waals surface area contributed by atoms with E-state index in [0.717, 1.165) is 3.57 Å². The number of carbonyl (C=O) groups is 2. The Morgan fingerprint density at radius 2 is 1.57 bits per heavy atom. The lowest BCUT2D eigenvalue weighted by atomic mass is 10.1. The van der Waals surface area contributed by atoms with Gasteiger partial charge in [0, 0.05) is 14.9 Å². The van der Waals surface area contributed by atoms with Gasteiger partial charge < -0.3 is 15.7 Å². The van der Waals surface area contributed by atoms with Gasteiger partial charge in [-0.2, -0.15) is 0 Å². The first-order valence-electron chi connectivity index (χ1n) is 6.13. The van der Waals surface area contributed by atoms with E-state index in [1.807, 2.05) is 12.1 Å². The second-order valence-corrected chi connectivity index (χ2v) is 5.67. The first kappa shape index (κ1) is 15.3. The van der Waals surface area contributed by atoms with Gasteiger partial charge in [-0.3, -0.25) is 0 Å². The molecule has 0 aromatic heterocycles. The Morgan fingerprint density at radius 1 is 1.00 bits per heavy atom. The minimum absolute atomic E-state index is 0.169. The van der Waals surface area contributed by atoms with E-state index in [2.05, 4.69) is 33.2 Å². The molecule has 0 aliphatic carbocycles. The number of halogens is 1. The summed E-state index contributed by atoms with van der Waals surface area (Å²) in [7, 11) is 0. The molecule has 3 N–H and O–H groups in total. The average molecular weight is 396 g/mol. The van der Waals surface area contributed by atoms with E-state index in [9.17, 15) is 9.59 Å². The van der Waals surface area contributed by atoms with Crippen LogP contribution in [0.15, 0.2) is 42.5 Å². The lowest BCUT2D eigenvalue weighted by molar-refractivity contribution is 0.0696. The number of nitrogens with one attached hydrogen (secondary N) is 2. The van der Waals surface area contributed by atoms with Crippen LogP contribution in [-0.4, -0.2) is 17.1 Å². The Labute approximate surface area is 135 Å². The van der Waals surface area contributed by atoms with E-state index in [4.69, 9.17) is 5.11 Å². The van der Waals surface area contributed by atoms with Crippen LogP contribution in [0.2, 0.25) is 0 Å². The molecule has 0 saturated carbocycles.